The predicted octanol–water partition coefficient (Wildman–Crippen LogP) is 7.19. The molecule has 0 atom stereocenters. The van der Waals surface area contributed by atoms with Gasteiger partial charge in [0.1, 0.15) is 0 Å². The van der Waals surface area contributed by atoms with E-state index in [1.807, 2.05) is 91.1 Å². The third kappa shape index (κ3) is 4.09. The number of rotatable bonds is 4. The third-order valence-electron chi connectivity index (χ3n) is 5.06. The molecular weight excluding hydrogens is 402 g/mol. The average Bonchev–Trinajstić information content (AvgIpc) is 2.85. The molecule has 5 rings (SSSR count). The Bertz CT molecular complexity index is 1260. The molecule has 0 saturated heterocycles. The summed E-state index contributed by atoms with van der Waals surface area (Å²) in [5.41, 5.74) is 6.65. The Morgan fingerprint density at radius 3 is 1.94 bits per heavy atom. The lowest BCUT2D eigenvalue weighted by Gasteiger charge is -2.13. The summed E-state index contributed by atoms with van der Waals surface area (Å²) in [6, 6.07) is 32.0. The fourth-order valence-electron chi connectivity index (χ4n) is 3.56. The molecule has 0 unspecified atom stereocenters. The Labute approximate surface area is 186 Å². The van der Waals surface area contributed by atoms with Crippen molar-refractivity contribution in [3.05, 3.63) is 114 Å². The lowest BCUT2D eigenvalue weighted by molar-refractivity contribution is 1.18. The Kier molecular flexibility index (Phi) is 5.26. The number of hydrogen-bond acceptors (Lipinski definition) is 3. The van der Waals surface area contributed by atoms with Crippen LogP contribution in [0, 0.1) is 0 Å². The number of aromatic nitrogens is 3. The summed E-state index contributed by atoms with van der Waals surface area (Å²) >= 11 is 6.41. The first kappa shape index (κ1) is 19.2. The molecule has 3 aromatic carbocycles. The molecule has 0 bridgehead atoms. The van der Waals surface area contributed by atoms with Crippen LogP contribution in [0.4, 0.5) is 0 Å². The van der Waals surface area contributed by atoms with Gasteiger partial charge in [-0.15, -0.1) is 0 Å². The monoisotopic (exact) mass is 419 g/mol. The number of halogens is 1. The standard InChI is InChI=1S/C27H18ClN3/c28-22-13-14-23(21-12-7-15-29-18-21)24(16-22)26-17-25(19-8-3-1-4-9-19)30-27(31-26)20-10-5-2-6-11-20/h1-18H. The quantitative estimate of drug-likeness (QED) is 0.309. The van der Waals surface area contributed by atoms with E-state index in [9.17, 15) is 0 Å². The van der Waals surface area contributed by atoms with Gasteiger partial charge in [-0.25, -0.2) is 9.97 Å². The van der Waals surface area contributed by atoms with Crippen LogP contribution in [0.25, 0.3) is 45.0 Å². The van der Waals surface area contributed by atoms with Gasteiger partial charge in [-0.2, -0.15) is 0 Å². The maximum Gasteiger partial charge on any atom is 0.160 e. The predicted molar refractivity (Wildman–Crippen MR) is 127 cm³/mol. The highest BCUT2D eigenvalue weighted by molar-refractivity contribution is 6.31. The molecule has 2 aromatic heterocycles. The third-order valence-corrected chi connectivity index (χ3v) is 5.29. The summed E-state index contributed by atoms with van der Waals surface area (Å²) < 4.78 is 0. The zero-order valence-electron chi connectivity index (χ0n) is 16.6. The molecule has 3 nitrogen and oxygen atoms in total. The first-order valence-electron chi connectivity index (χ1n) is 9.98. The summed E-state index contributed by atoms with van der Waals surface area (Å²) in [7, 11) is 0. The highest BCUT2D eigenvalue weighted by atomic mass is 35.5. The normalized spacial score (nSPS) is 10.7. The van der Waals surface area contributed by atoms with E-state index in [0.29, 0.717) is 10.8 Å². The van der Waals surface area contributed by atoms with Crippen LogP contribution in [-0.2, 0) is 0 Å². The van der Waals surface area contributed by atoms with Crippen LogP contribution in [0.3, 0.4) is 0 Å². The Hall–Kier alpha value is -3.82. The fraction of sp³-hybridized carbons (Fsp3) is 0. The molecule has 0 saturated carbocycles. The van der Waals surface area contributed by atoms with Gasteiger partial charge in [0.25, 0.3) is 0 Å². The molecule has 4 heteroatoms. The van der Waals surface area contributed by atoms with Gasteiger partial charge in [0.05, 0.1) is 11.4 Å². The van der Waals surface area contributed by atoms with Gasteiger partial charge in [-0.05, 0) is 29.8 Å². The first-order chi connectivity index (χ1) is 15.3. The van der Waals surface area contributed by atoms with Crippen LogP contribution >= 0.6 is 11.6 Å². The zero-order valence-corrected chi connectivity index (χ0v) is 17.4. The van der Waals surface area contributed by atoms with Gasteiger partial charge in [-0.3, -0.25) is 4.98 Å². The van der Waals surface area contributed by atoms with E-state index in [-0.39, 0.29) is 0 Å². The molecule has 31 heavy (non-hydrogen) atoms. The molecule has 0 fully saturated rings. The maximum atomic E-state index is 6.41. The van der Waals surface area contributed by atoms with Crippen molar-refractivity contribution in [2.45, 2.75) is 0 Å². The van der Waals surface area contributed by atoms with E-state index in [1.54, 1.807) is 6.20 Å². The van der Waals surface area contributed by atoms with Crippen molar-refractivity contribution in [2.24, 2.45) is 0 Å². The van der Waals surface area contributed by atoms with Gasteiger partial charge in [-0.1, -0.05) is 84.4 Å². The molecule has 0 amide bonds. The van der Waals surface area contributed by atoms with E-state index >= 15 is 0 Å². The van der Waals surface area contributed by atoms with E-state index in [4.69, 9.17) is 21.6 Å². The van der Waals surface area contributed by atoms with Crippen molar-refractivity contribution in [3.63, 3.8) is 0 Å². The van der Waals surface area contributed by atoms with Gasteiger partial charge < -0.3 is 0 Å². The summed E-state index contributed by atoms with van der Waals surface area (Å²) in [4.78, 5) is 14.1. The molecule has 0 N–H and O–H groups in total. The molecule has 0 radical (unpaired) electrons. The van der Waals surface area contributed by atoms with Gasteiger partial charge >= 0.3 is 0 Å². The minimum atomic E-state index is 0.656. The second-order valence-electron chi connectivity index (χ2n) is 7.13. The van der Waals surface area contributed by atoms with Crippen molar-refractivity contribution in [2.75, 3.05) is 0 Å². The SMILES string of the molecule is Clc1ccc(-c2cccnc2)c(-c2cc(-c3ccccc3)nc(-c3ccccc3)n2)c1. The molecule has 0 aliphatic carbocycles. The number of pyridine rings is 1. The molecule has 0 spiro atoms. The lowest BCUT2D eigenvalue weighted by atomic mass is 9.97. The van der Waals surface area contributed by atoms with Crippen molar-refractivity contribution in [1.82, 2.24) is 15.0 Å². The minimum absolute atomic E-state index is 0.656. The lowest BCUT2D eigenvalue weighted by Crippen LogP contribution is -1.97. The average molecular weight is 420 g/mol. The fourth-order valence-corrected chi connectivity index (χ4v) is 3.73. The van der Waals surface area contributed by atoms with Crippen LogP contribution in [-0.4, -0.2) is 15.0 Å². The minimum Gasteiger partial charge on any atom is -0.264 e. The second kappa shape index (κ2) is 8.50. The first-order valence-corrected chi connectivity index (χ1v) is 10.4. The molecule has 0 aliphatic rings. The Balaban J connectivity index is 1.76. The summed E-state index contributed by atoms with van der Waals surface area (Å²) in [5.74, 6) is 0.675. The van der Waals surface area contributed by atoms with Crippen LogP contribution in [0.5, 0.6) is 0 Å². The number of nitrogens with zero attached hydrogens (tertiary/aromatic N) is 3. The van der Waals surface area contributed by atoms with Crippen LogP contribution in [0.2, 0.25) is 5.02 Å². The van der Waals surface area contributed by atoms with Crippen molar-refractivity contribution in [3.8, 4) is 45.0 Å². The largest absolute Gasteiger partial charge is 0.264 e. The van der Waals surface area contributed by atoms with E-state index < -0.39 is 0 Å². The molecule has 2 heterocycles. The smallest absolute Gasteiger partial charge is 0.160 e. The number of benzene rings is 3. The topological polar surface area (TPSA) is 38.7 Å². The molecule has 0 aliphatic heterocycles. The van der Waals surface area contributed by atoms with Crippen molar-refractivity contribution < 1.29 is 0 Å². The van der Waals surface area contributed by atoms with E-state index in [2.05, 4.69) is 17.1 Å². The van der Waals surface area contributed by atoms with Crippen LogP contribution < -0.4 is 0 Å². The molecule has 5 aromatic rings. The Morgan fingerprint density at radius 2 is 1.23 bits per heavy atom. The van der Waals surface area contributed by atoms with Gasteiger partial charge in [0.15, 0.2) is 5.82 Å². The van der Waals surface area contributed by atoms with Crippen LogP contribution in [0.15, 0.2) is 109 Å². The number of hydrogen-bond donors (Lipinski definition) is 0. The summed E-state index contributed by atoms with van der Waals surface area (Å²) in [5, 5.41) is 0.656. The summed E-state index contributed by atoms with van der Waals surface area (Å²) in [6.07, 6.45) is 3.62. The highest BCUT2D eigenvalue weighted by Crippen LogP contribution is 2.35. The molecule has 148 valence electrons. The van der Waals surface area contributed by atoms with Crippen molar-refractivity contribution >= 4 is 11.6 Å². The maximum absolute atomic E-state index is 6.41. The van der Waals surface area contributed by atoms with Gasteiger partial charge in [0, 0.05) is 39.7 Å². The van der Waals surface area contributed by atoms with Crippen LogP contribution in [0.1, 0.15) is 0 Å². The summed E-state index contributed by atoms with van der Waals surface area (Å²) in [6.45, 7) is 0. The molecular formula is C27H18ClN3. The highest BCUT2D eigenvalue weighted by Gasteiger charge is 2.14. The van der Waals surface area contributed by atoms with Gasteiger partial charge in [0.2, 0.25) is 0 Å². The second-order valence-corrected chi connectivity index (χ2v) is 7.56. The van der Waals surface area contributed by atoms with E-state index in [0.717, 1.165) is 39.2 Å². The Morgan fingerprint density at radius 1 is 0.548 bits per heavy atom. The zero-order chi connectivity index (χ0) is 21.0. The van der Waals surface area contributed by atoms with Crippen molar-refractivity contribution in [1.29, 1.82) is 0 Å². The van der Waals surface area contributed by atoms with E-state index in [1.165, 1.54) is 0 Å².